The number of allylic oxidation sites excluding steroid dienone is 1. The third-order valence-corrected chi connectivity index (χ3v) is 3.06. The van der Waals surface area contributed by atoms with Gasteiger partial charge in [0.25, 0.3) is 0 Å². The Morgan fingerprint density at radius 2 is 1.89 bits per heavy atom. The molecule has 0 saturated heterocycles. The summed E-state index contributed by atoms with van der Waals surface area (Å²) in [5.41, 5.74) is 4.17. The van der Waals surface area contributed by atoms with Gasteiger partial charge in [0.1, 0.15) is 0 Å². The van der Waals surface area contributed by atoms with Gasteiger partial charge < -0.3 is 5.32 Å². The second-order valence-electron chi connectivity index (χ2n) is 5.33. The highest BCUT2D eigenvalue weighted by atomic mass is 14.9. The van der Waals surface area contributed by atoms with E-state index in [1.165, 1.54) is 29.5 Å². The summed E-state index contributed by atoms with van der Waals surface area (Å²) in [7, 11) is 0. The van der Waals surface area contributed by atoms with E-state index in [2.05, 4.69) is 63.4 Å². The first-order valence-corrected chi connectivity index (χ1v) is 7.05. The first-order chi connectivity index (χ1) is 8.61. The van der Waals surface area contributed by atoms with E-state index in [0.717, 1.165) is 13.0 Å². The molecule has 1 nitrogen and oxygen atoms in total. The lowest BCUT2D eigenvalue weighted by Gasteiger charge is -2.15. The van der Waals surface area contributed by atoms with Crippen LogP contribution in [0.3, 0.4) is 0 Å². The van der Waals surface area contributed by atoms with Crippen molar-refractivity contribution in [2.75, 3.05) is 6.54 Å². The van der Waals surface area contributed by atoms with Crippen molar-refractivity contribution in [1.82, 2.24) is 5.32 Å². The van der Waals surface area contributed by atoms with E-state index >= 15 is 0 Å². The Labute approximate surface area is 112 Å². The van der Waals surface area contributed by atoms with E-state index in [-0.39, 0.29) is 0 Å². The largest absolute Gasteiger partial charge is 0.311 e. The summed E-state index contributed by atoms with van der Waals surface area (Å²) in [6.45, 7) is 9.80. The van der Waals surface area contributed by atoms with Gasteiger partial charge >= 0.3 is 0 Å². The molecule has 1 atom stereocenters. The molecule has 0 amide bonds. The fraction of sp³-hybridized carbons (Fsp3) is 0.529. The molecule has 0 aliphatic rings. The summed E-state index contributed by atoms with van der Waals surface area (Å²) in [6.07, 6.45) is 5.86. The molecule has 0 fully saturated rings. The summed E-state index contributed by atoms with van der Waals surface area (Å²) < 4.78 is 0. The van der Waals surface area contributed by atoms with E-state index in [0.29, 0.717) is 6.04 Å². The predicted molar refractivity (Wildman–Crippen MR) is 81.0 cm³/mol. The van der Waals surface area contributed by atoms with Gasteiger partial charge in [0.05, 0.1) is 0 Å². The quantitative estimate of drug-likeness (QED) is 0.708. The Kier molecular flexibility index (Phi) is 6.74. The minimum absolute atomic E-state index is 0.510. The van der Waals surface area contributed by atoms with Gasteiger partial charge in [0.15, 0.2) is 0 Å². The van der Waals surface area contributed by atoms with Gasteiger partial charge in [-0.1, -0.05) is 48.4 Å². The lowest BCUT2D eigenvalue weighted by molar-refractivity contribution is 0.551. The van der Waals surface area contributed by atoms with E-state index in [4.69, 9.17) is 0 Å². The molecular weight excluding hydrogens is 218 g/mol. The van der Waals surface area contributed by atoms with Crippen LogP contribution >= 0.6 is 0 Å². The zero-order chi connectivity index (χ0) is 13.4. The molecule has 1 aromatic rings. The average Bonchev–Trinajstić information content (AvgIpc) is 2.34. The fourth-order valence-corrected chi connectivity index (χ4v) is 2.05. The first kappa shape index (κ1) is 15.0. The maximum atomic E-state index is 3.61. The zero-order valence-corrected chi connectivity index (χ0v) is 12.3. The van der Waals surface area contributed by atoms with Crippen LogP contribution in [-0.2, 0) is 6.42 Å². The van der Waals surface area contributed by atoms with Crippen molar-refractivity contribution in [3.05, 3.63) is 47.0 Å². The van der Waals surface area contributed by atoms with Crippen molar-refractivity contribution >= 4 is 0 Å². The van der Waals surface area contributed by atoms with Gasteiger partial charge in [-0.2, -0.15) is 0 Å². The summed E-state index contributed by atoms with van der Waals surface area (Å²) in [4.78, 5) is 0. The topological polar surface area (TPSA) is 12.0 Å². The second kappa shape index (κ2) is 8.10. The minimum atomic E-state index is 0.510. The van der Waals surface area contributed by atoms with Crippen molar-refractivity contribution in [3.8, 4) is 0 Å². The van der Waals surface area contributed by atoms with E-state index in [9.17, 15) is 0 Å². The van der Waals surface area contributed by atoms with Gasteiger partial charge in [0.2, 0.25) is 0 Å². The molecule has 1 N–H and O–H groups in total. The summed E-state index contributed by atoms with van der Waals surface area (Å²) >= 11 is 0. The van der Waals surface area contributed by atoms with Crippen LogP contribution in [0.25, 0.3) is 0 Å². The molecule has 1 rings (SSSR count). The normalized spacial score (nSPS) is 12.2. The zero-order valence-electron chi connectivity index (χ0n) is 12.3. The summed E-state index contributed by atoms with van der Waals surface area (Å²) in [6, 6.07) is 9.40. The third kappa shape index (κ3) is 6.02. The second-order valence-corrected chi connectivity index (χ2v) is 5.33. The number of rotatable bonds is 7. The van der Waals surface area contributed by atoms with Gasteiger partial charge in [-0.15, -0.1) is 0 Å². The Morgan fingerprint density at radius 1 is 1.22 bits per heavy atom. The van der Waals surface area contributed by atoms with Gasteiger partial charge in [-0.3, -0.25) is 0 Å². The molecule has 0 spiro atoms. The van der Waals surface area contributed by atoms with Crippen LogP contribution in [0.2, 0.25) is 0 Å². The Hall–Kier alpha value is -1.08. The number of hydrogen-bond acceptors (Lipinski definition) is 1. The number of benzene rings is 1. The van der Waals surface area contributed by atoms with Gasteiger partial charge in [-0.05, 0) is 52.1 Å². The molecule has 0 aromatic heterocycles. The minimum Gasteiger partial charge on any atom is -0.311 e. The van der Waals surface area contributed by atoms with Gasteiger partial charge in [-0.25, -0.2) is 0 Å². The molecule has 0 bridgehead atoms. The van der Waals surface area contributed by atoms with Crippen LogP contribution in [0.1, 0.15) is 44.7 Å². The fourth-order valence-electron chi connectivity index (χ4n) is 2.05. The monoisotopic (exact) mass is 245 g/mol. The molecule has 0 aliphatic heterocycles. The highest BCUT2D eigenvalue weighted by Crippen LogP contribution is 2.09. The van der Waals surface area contributed by atoms with Crippen LogP contribution < -0.4 is 5.32 Å². The predicted octanol–water partition coefficient (Wildman–Crippen LogP) is 4.26. The number of hydrogen-bond donors (Lipinski definition) is 1. The van der Waals surface area contributed by atoms with Crippen LogP contribution in [0, 0.1) is 6.92 Å². The molecule has 0 radical (unpaired) electrons. The van der Waals surface area contributed by atoms with Crippen LogP contribution in [0.5, 0.6) is 0 Å². The SMILES string of the molecule is CCCNC(C=C(C)C)CCc1ccc(C)cc1. The third-order valence-electron chi connectivity index (χ3n) is 3.06. The molecule has 0 heterocycles. The highest BCUT2D eigenvalue weighted by molar-refractivity contribution is 5.21. The average molecular weight is 245 g/mol. The molecule has 1 heteroatoms. The first-order valence-electron chi connectivity index (χ1n) is 7.05. The Morgan fingerprint density at radius 3 is 2.44 bits per heavy atom. The standard InChI is InChI=1S/C17H27N/c1-5-12-18-17(13-14(2)3)11-10-16-8-6-15(4)7-9-16/h6-9,13,17-18H,5,10-12H2,1-4H3. The maximum Gasteiger partial charge on any atom is 0.0255 e. The highest BCUT2D eigenvalue weighted by Gasteiger charge is 2.04. The molecule has 0 saturated carbocycles. The molecule has 0 aliphatic carbocycles. The maximum absolute atomic E-state index is 3.61. The lowest BCUT2D eigenvalue weighted by Crippen LogP contribution is -2.28. The molecule has 100 valence electrons. The number of nitrogens with one attached hydrogen (secondary N) is 1. The summed E-state index contributed by atoms with van der Waals surface area (Å²) in [5.74, 6) is 0. The number of aryl methyl sites for hydroxylation is 2. The van der Waals surface area contributed by atoms with Crippen molar-refractivity contribution < 1.29 is 0 Å². The van der Waals surface area contributed by atoms with E-state index < -0.39 is 0 Å². The van der Waals surface area contributed by atoms with Crippen molar-refractivity contribution in [1.29, 1.82) is 0 Å². The molecular formula is C17H27N. The van der Waals surface area contributed by atoms with Crippen molar-refractivity contribution in [2.24, 2.45) is 0 Å². The van der Waals surface area contributed by atoms with Crippen molar-refractivity contribution in [2.45, 2.75) is 53.0 Å². The molecule has 1 unspecified atom stereocenters. The van der Waals surface area contributed by atoms with Crippen LogP contribution in [0.4, 0.5) is 0 Å². The van der Waals surface area contributed by atoms with Crippen LogP contribution in [-0.4, -0.2) is 12.6 Å². The van der Waals surface area contributed by atoms with Crippen molar-refractivity contribution in [3.63, 3.8) is 0 Å². The van der Waals surface area contributed by atoms with Gasteiger partial charge in [0, 0.05) is 6.04 Å². The van der Waals surface area contributed by atoms with E-state index in [1.54, 1.807) is 0 Å². The smallest absolute Gasteiger partial charge is 0.0255 e. The molecule has 1 aromatic carbocycles. The lowest BCUT2D eigenvalue weighted by atomic mass is 10.0. The Balaban J connectivity index is 2.50. The van der Waals surface area contributed by atoms with Crippen LogP contribution in [0.15, 0.2) is 35.9 Å². The summed E-state index contributed by atoms with van der Waals surface area (Å²) in [5, 5.41) is 3.61. The molecule has 18 heavy (non-hydrogen) atoms. The van der Waals surface area contributed by atoms with E-state index in [1.807, 2.05) is 0 Å². The Bertz CT molecular complexity index is 358.